The lowest BCUT2D eigenvalue weighted by Crippen LogP contribution is -1.87. The van der Waals surface area contributed by atoms with Gasteiger partial charge in [0, 0.05) is 21.4 Å². The van der Waals surface area contributed by atoms with Crippen molar-refractivity contribution >= 4 is 29.1 Å². The summed E-state index contributed by atoms with van der Waals surface area (Å²) in [5.74, 6) is 0.313. The van der Waals surface area contributed by atoms with Gasteiger partial charge in [-0.1, -0.05) is 17.7 Å². The Morgan fingerprint density at radius 1 is 1.12 bits per heavy atom. The topological polar surface area (TPSA) is 26.0 Å². The van der Waals surface area contributed by atoms with Crippen LogP contribution in [-0.4, -0.2) is 0 Å². The molecule has 17 heavy (non-hydrogen) atoms. The Hall–Kier alpha value is -1.19. The molecular formula is C13H11ClFNS. The minimum atomic E-state index is -0.263. The van der Waals surface area contributed by atoms with Gasteiger partial charge >= 0.3 is 0 Å². The van der Waals surface area contributed by atoms with Gasteiger partial charge < -0.3 is 5.73 Å². The molecule has 0 spiro atoms. The van der Waals surface area contributed by atoms with E-state index in [1.807, 2.05) is 24.3 Å². The van der Waals surface area contributed by atoms with Crippen LogP contribution in [0, 0.1) is 5.82 Å². The summed E-state index contributed by atoms with van der Waals surface area (Å²) >= 11 is 7.25. The quantitative estimate of drug-likeness (QED) is 0.661. The van der Waals surface area contributed by atoms with E-state index in [1.165, 1.54) is 6.07 Å². The first-order valence-electron chi connectivity index (χ1n) is 5.07. The number of benzene rings is 2. The average molecular weight is 268 g/mol. The molecule has 0 bridgehead atoms. The highest BCUT2D eigenvalue weighted by atomic mass is 35.5. The summed E-state index contributed by atoms with van der Waals surface area (Å²) in [6, 6.07) is 12.3. The van der Waals surface area contributed by atoms with E-state index in [-0.39, 0.29) is 5.82 Å². The summed E-state index contributed by atoms with van der Waals surface area (Å²) in [6.07, 6.45) is 0. The molecule has 4 heteroatoms. The van der Waals surface area contributed by atoms with Gasteiger partial charge in [-0.25, -0.2) is 4.39 Å². The van der Waals surface area contributed by atoms with Gasteiger partial charge in [0.15, 0.2) is 0 Å². The Balaban J connectivity index is 2.04. The van der Waals surface area contributed by atoms with E-state index in [0.29, 0.717) is 16.3 Å². The summed E-state index contributed by atoms with van der Waals surface area (Å²) in [5.41, 5.74) is 6.97. The second kappa shape index (κ2) is 5.43. The first-order chi connectivity index (χ1) is 8.15. The smallest absolute Gasteiger partial charge is 0.128 e. The lowest BCUT2D eigenvalue weighted by atomic mass is 10.2. The van der Waals surface area contributed by atoms with Crippen LogP contribution in [-0.2, 0) is 5.75 Å². The standard InChI is InChI=1S/C13H11ClFNS/c14-10-2-1-9(13(15)7-10)8-17-12-5-3-11(16)4-6-12/h1-7H,8,16H2. The molecule has 2 aromatic carbocycles. The molecule has 2 rings (SSSR count). The maximum absolute atomic E-state index is 13.5. The van der Waals surface area contributed by atoms with E-state index in [1.54, 1.807) is 23.9 Å². The molecular weight excluding hydrogens is 257 g/mol. The summed E-state index contributed by atoms with van der Waals surface area (Å²) in [4.78, 5) is 1.06. The molecule has 0 aromatic heterocycles. The van der Waals surface area contributed by atoms with Crippen molar-refractivity contribution in [2.24, 2.45) is 0 Å². The first-order valence-corrected chi connectivity index (χ1v) is 6.44. The van der Waals surface area contributed by atoms with Crippen LogP contribution in [0.4, 0.5) is 10.1 Å². The minimum Gasteiger partial charge on any atom is -0.399 e. The fourth-order valence-corrected chi connectivity index (χ4v) is 2.41. The molecule has 2 N–H and O–H groups in total. The van der Waals surface area contributed by atoms with Crippen LogP contribution in [0.5, 0.6) is 0 Å². The molecule has 0 fully saturated rings. The van der Waals surface area contributed by atoms with Crippen LogP contribution in [0.1, 0.15) is 5.56 Å². The van der Waals surface area contributed by atoms with Crippen LogP contribution in [0.3, 0.4) is 0 Å². The Kier molecular flexibility index (Phi) is 3.92. The molecule has 0 aliphatic heterocycles. The van der Waals surface area contributed by atoms with Crippen molar-refractivity contribution in [3.63, 3.8) is 0 Å². The normalized spacial score (nSPS) is 10.5. The van der Waals surface area contributed by atoms with E-state index >= 15 is 0 Å². The lowest BCUT2D eigenvalue weighted by molar-refractivity contribution is 0.617. The van der Waals surface area contributed by atoms with Crippen LogP contribution >= 0.6 is 23.4 Å². The maximum Gasteiger partial charge on any atom is 0.128 e. The van der Waals surface area contributed by atoms with Crippen molar-refractivity contribution in [2.45, 2.75) is 10.6 Å². The van der Waals surface area contributed by atoms with Crippen LogP contribution in [0.25, 0.3) is 0 Å². The molecule has 0 atom stereocenters. The van der Waals surface area contributed by atoms with Crippen molar-refractivity contribution < 1.29 is 4.39 Å². The number of nitrogen functional groups attached to an aromatic ring is 1. The highest BCUT2D eigenvalue weighted by Gasteiger charge is 2.03. The summed E-state index contributed by atoms with van der Waals surface area (Å²) < 4.78 is 13.5. The third kappa shape index (κ3) is 3.38. The molecule has 88 valence electrons. The van der Waals surface area contributed by atoms with Crippen molar-refractivity contribution in [3.8, 4) is 0 Å². The molecule has 0 amide bonds. The number of thioether (sulfide) groups is 1. The zero-order valence-electron chi connectivity index (χ0n) is 8.99. The van der Waals surface area contributed by atoms with Crippen LogP contribution < -0.4 is 5.73 Å². The number of rotatable bonds is 3. The zero-order chi connectivity index (χ0) is 12.3. The van der Waals surface area contributed by atoms with Gasteiger partial charge in [0.25, 0.3) is 0 Å². The van der Waals surface area contributed by atoms with Gasteiger partial charge in [-0.2, -0.15) is 0 Å². The number of anilines is 1. The van der Waals surface area contributed by atoms with Crippen LogP contribution in [0.15, 0.2) is 47.4 Å². The molecule has 0 unspecified atom stereocenters. The Morgan fingerprint density at radius 2 is 1.82 bits per heavy atom. The summed E-state index contributed by atoms with van der Waals surface area (Å²) in [5, 5.41) is 0.420. The minimum absolute atomic E-state index is 0.263. The fourth-order valence-electron chi connectivity index (χ4n) is 1.36. The second-order valence-electron chi connectivity index (χ2n) is 3.59. The first kappa shape index (κ1) is 12.3. The number of halogens is 2. The monoisotopic (exact) mass is 267 g/mol. The third-order valence-electron chi connectivity index (χ3n) is 2.29. The molecule has 2 aromatic rings. The van der Waals surface area contributed by atoms with E-state index < -0.39 is 0 Å². The molecule has 0 aliphatic carbocycles. The molecule has 0 saturated heterocycles. The second-order valence-corrected chi connectivity index (χ2v) is 5.08. The number of nitrogens with two attached hydrogens (primary N) is 1. The van der Waals surface area contributed by atoms with Gasteiger partial charge in [0.1, 0.15) is 5.82 Å². The Bertz CT molecular complexity index is 513. The van der Waals surface area contributed by atoms with Crippen molar-refractivity contribution in [1.29, 1.82) is 0 Å². The van der Waals surface area contributed by atoms with Crippen LogP contribution in [0.2, 0.25) is 5.02 Å². The predicted molar refractivity (Wildman–Crippen MR) is 71.8 cm³/mol. The van der Waals surface area contributed by atoms with Crippen molar-refractivity contribution in [1.82, 2.24) is 0 Å². The largest absolute Gasteiger partial charge is 0.399 e. The van der Waals surface area contributed by atoms with Gasteiger partial charge in [-0.3, -0.25) is 0 Å². The third-order valence-corrected chi connectivity index (χ3v) is 3.59. The SMILES string of the molecule is Nc1ccc(SCc2ccc(Cl)cc2F)cc1. The van der Waals surface area contributed by atoms with E-state index in [0.717, 1.165) is 10.6 Å². The van der Waals surface area contributed by atoms with Gasteiger partial charge in [0.05, 0.1) is 0 Å². The van der Waals surface area contributed by atoms with Gasteiger partial charge in [0.2, 0.25) is 0 Å². The summed E-state index contributed by atoms with van der Waals surface area (Å²) in [6.45, 7) is 0. The fraction of sp³-hybridized carbons (Fsp3) is 0.0769. The van der Waals surface area contributed by atoms with Gasteiger partial charge in [-0.15, -0.1) is 11.8 Å². The summed E-state index contributed by atoms with van der Waals surface area (Å²) in [7, 11) is 0. The zero-order valence-corrected chi connectivity index (χ0v) is 10.6. The molecule has 0 heterocycles. The predicted octanol–water partition coefficient (Wildman–Crippen LogP) is 4.35. The molecule has 1 nitrogen and oxygen atoms in total. The van der Waals surface area contributed by atoms with E-state index in [2.05, 4.69) is 0 Å². The van der Waals surface area contributed by atoms with Gasteiger partial charge in [-0.05, 0) is 42.0 Å². The maximum atomic E-state index is 13.5. The molecule has 0 aliphatic rings. The number of hydrogen-bond acceptors (Lipinski definition) is 2. The van der Waals surface area contributed by atoms with E-state index in [9.17, 15) is 4.39 Å². The average Bonchev–Trinajstić information content (AvgIpc) is 2.30. The van der Waals surface area contributed by atoms with Crippen molar-refractivity contribution in [2.75, 3.05) is 5.73 Å². The van der Waals surface area contributed by atoms with E-state index in [4.69, 9.17) is 17.3 Å². The Labute approximate surface area is 109 Å². The Morgan fingerprint density at radius 3 is 2.47 bits per heavy atom. The highest BCUT2D eigenvalue weighted by molar-refractivity contribution is 7.98. The highest BCUT2D eigenvalue weighted by Crippen LogP contribution is 2.25. The molecule has 0 saturated carbocycles. The number of hydrogen-bond donors (Lipinski definition) is 1. The lowest BCUT2D eigenvalue weighted by Gasteiger charge is -2.04. The van der Waals surface area contributed by atoms with Crippen molar-refractivity contribution in [3.05, 3.63) is 58.9 Å². The molecule has 0 radical (unpaired) electrons.